The molecule has 5 heteroatoms. The molecule has 0 aliphatic heterocycles. The maximum Gasteiger partial charge on any atom is 0.168 e. The van der Waals surface area contributed by atoms with Crippen molar-refractivity contribution in [1.82, 2.24) is 14.6 Å². The normalized spacial score (nSPS) is 11.0. The van der Waals surface area contributed by atoms with Crippen LogP contribution in [0.3, 0.4) is 0 Å². The molecule has 4 nitrogen and oxygen atoms in total. The highest BCUT2D eigenvalue weighted by molar-refractivity contribution is 6.30. The third kappa shape index (κ3) is 1.71. The SMILES string of the molecule is Cc1ccc(Cl)cc1-c1nnc2ccc(N)cn12. The smallest absolute Gasteiger partial charge is 0.168 e. The van der Waals surface area contributed by atoms with Crippen LogP contribution in [0, 0.1) is 6.92 Å². The van der Waals surface area contributed by atoms with Gasteiger partial charge in [-0.15, -0.1) is 10.2 Å². The Kier molecular flexibility index (Phi) is 2.45. The maximum absolute atomic E-state index is 6.03. The Labute approximate surface area is 109 Å². The zero-order chi connectivity index (χ0) is 12.7. The fraction of sp³-hybridized carbons (Fsp3) is 0.0769. The Bertz CT molecular complexity index is 733. The van der Waals surface area contributed by atoms with Crippen LogP contribution in [-0.4, -0.2) is 14.6 Å². The number of benzene rings is 1. The number of anilines is 1. The molecule has 2 N–H and O–H groups in total. The molecule has 0 bridgehead atoms. The molecule has 0 aliphatic rings. The largest absolute Gasteiger partial charge is 0.398 e. The van der Waals surface area contributed by atoms with Gasteiger partial charge < -0.3 is 5.73 Å². The second kappa shape index (κ2) is 3.99. The maximum atomic E-state index is 6.03. The van der Waals surface area contributed by atoms with E-state index in [0.717, 1.165) is 22.6 Å². The molecule has 0 amide bonds. The summed E-state index contributed by atoms with van der Waals surface area (Å²) < 4.78 is 1.87. The molecule has 2 heterocycles. The third-order valence-corrected chi connectivity index (χ3v) is 3.10. The highest BCUT2D eigenvalue weighted by Gasteiger charge is 2.11. The van der Waals surface area contributed by atoms with Gasteiger partial charge in [-0.2, -0.15) is 0 Å². The van der Waals surface area contributed by atoms with E-state index in [2.05, 4.69) is 10.2 Å². The minimum Gasteiger partial charge on any atom is -0.398 e. The number of nitrogens with zero attached hydrogens (tertiary/aromatic N) is 3. The van der Waals surface area contributed by atoms with E-state index < -0.39 is 0 Å². The highest BCUT2D eigenvalue weighted by atomic mass is 35.5. The molecular weight excluding hydrogens is 248 g/mol. The predicted octanol–water partition coefficient (Wildman–Crippen LogP) is 2.94. The Hall–Kier alpha value is -2.07. The van der Waals surface area contributed by atoms with Gasteiger partial charge >= 0.3 is 0 Å². The molecule has 2 aromatic heterocycles. The molecule has 0 saturated carbocycles. The van der Waals surface area contributed by atoms with E-state index in [4.69, 9.17) is 17.3 Å². The van der Waals surface area contributed by atoms with Gasteiger partial charge in [0.15, 0.2) is 11.5 Å². The van der Waals surface area contributed by atoms with Crippen molar-refractivity contribution in [1.29, 1.82) is 0 Å². The first-order chi connectivity index (χ1) is 8.65. The minimum absolute atomic E-state index is 0.670. The molecule has 90 valence electrons. The fourth-order valence-electron chi connectivity index (χ4n) is 1.93. The van der Waals surface area contributed by atoms with Crippen LogP contribution in [0.4, 0.5) is 5.69 Å². The van der Waals surface area contributed by atoms with E-state index in [1.165, 1.54) is 0 Å². The van der Waals surface area contributed by atoms with E-state index in [-0.39, 0.29) is 0 Å². The Balaban J connectivity index is 2.31. The molecular formula is C13H11ClN4. The van der Waals surface area contributed by atoms with E-state index >= 15 is 0 Å². The van der Waals surface area contributed by atoms with Crippen molar-refractivity contribution in [3.05, 3.63) is 47.1 Å². The second-order valence-electron chi connectivity index (χ2n) is 4.17. The van der Waals surface area contributed by atoms with Crippen LogP contribution < -0.4 is 5.73 Å². The molecule has 1 aromatic carbocycles. The van der Waals surface area contributed by atoms with Gasteiger partial charge in [0.1, 0.15) is 0 Å². The van der Waals surface area contributed by atoms with Crippen LogP contribution in [0.25, 0.3) is 17.0 Å². The molecule has 0 fully saturated rings. The van der Waals surface area contributed by atoms with Crippen LogP contribution in [0.5, 0.6) is 0 Å². The van der Waals surface area contributed by atoms with Crippen molar-refractivity contribution in [2.75, 3.05) is 5.73 Å². The molecule has 18 heavy (non-hydrogen) atoms. The summed E-state index contributed by atoms with van der Waals surface area (Å²) in [4.78, 5) is 0. The van der Waals surface area contributed by atoms with E-state index in [9.17, 15) is 0 Å². The van der Waals surface area contributed by atoms with Crippen molar-refractivity contribution in [3.63, 3.8) is 0 Å². The van der Waals surface area contributed by atoms with Crippen molar-refractivity contribution < 1.29 is 0 Å². The lowest BCUT2D eigenvalue weighted by Gasteiger charge is -2.05. The van der Waals surface area contributed by atoms with E-state index in [1.54, 1.807) is 6.07 Å². The van der Waals surface area contributed by atoms with Crippen molar-refractivity contribution >= 4 is 22.9 Å². The summed E-state index contributed by atoms with van der Waals surface area (Å²) in [6.07, 6.45) is 1.81. The minimum atomic E-state index is 0.670. The zero-order valence-electron chi connectivity index (χ0n) is 9.76. The number of rotatable bonds is 1. The van der Waals surface area contributed by atoms with E-state index in [0.29, 0.717) is 10.7 Å². The molecule has 0 radical (unpaired) electrons. The number of aryl methyl sites for hydroxylation is 1. The van der Waals surface area contributed by atoms with Crippen LogP contribution in [-0.2, 0) is 0 Å². The molecule has 3 rings (SSSR count). The van der Waals surface area contributed by atoms with Gasteiger partial charge in [0.05, 0.1) is 0 Å². The molecule has 3 aromatic rings. The van der Waals surface area contributed by atoms with Gasteiger partial charge in [-0.25, -0.2) is 0 Å². The Morgan fingerprint density at radius 2 is 2.00 bits per heavy atom. The van der Waals surface area contributed by atoms with Crippen LogP contribution in [0.1, 0.15) is 5.56 Å². The Morgan fingerprint density at radius 3 is 2.83 bits per heavy atom. The van der Waals surface area contributed by atoms with Crippen LogP contribution in [0.15, 0.2) is 36.5 Å². The van der Waals surface area contributed by atoms with Crippen molar-refractivity contribution in [2.24, 2.45) is 0 Å². The summed E-state index contributed by atoms with van der Waals surface area (Å²) in [5.41, 5.74) is 9.28. The Morgan fingerprint density at radius 1 is 1.17 bits per heavy atom. The summed E-state index contributed by atoms with van der Waals surface area (Å²) in [6.45, 7) is 2.01. The molecule has 0 aliphatic carbocycles. The van der Waals surface area contributed by atoms with Gasteiger partial charge in [-0.3, -0.25) is 4.40 Å². The predicted molar refractivity (Wildman–Crippen MR) is 72.6 cm³/mol. The molecule has 0 spiro atoms. The lowest BCUT2D eigenvalue weighted by atomic mass is 10.1. The number of nitrogen functional groups attached to an aromatic ring is 1. The first-order valence-electron chi connectivity index (χ1n) is 5.52. The summed E-state index contributed by atoms with van der Waals surface area (Å²) >= 11 is 6.03. The molecule has 0 atom stereocenters. The lowest BCUT2D eigenvalue weighted by molar-refractivity contribution is 1.11. The average Bonchev–Trinajstić information content (AvgIpc) is 2.75. The summed E-state index contributed by atoms with van der Waals surface area (Å²) in [7, 11) is 0. The first-order valence-corrected chi connectivity index (χ1v) is 5.90. The monoisotopic (exact) mass is 258 g/mol. The number of hydrogen-bond donors (Lipinski definition) is 1. The first kappa shape index (κ1) is 11.0. The quantitative estimate of drug-likeness (QED) is 0.730. The number of fused-ring (bicyclic) bond motifs is 1. The van der Waals surface area contributed by atoms with Crippen LogP contribution in [0.2, 0.25) is 5.02 Å². The van der Waals surface area contributed by atoms with E-state index in [1.807, 2.05) is 41.8 Å². The topological polar surface area (TPSA) is 56.2 Å². The fourth-order valence-corrected chi connectivity index (χ4v) is 2.10. The zero-order valence-corrected chi connectivity index (χ0v) is 10.5. The van der Waals surface area contributed by atoms with Gasteiger partial charge in [-0.05, 0) is 36.8 Å². The summed E-state index contributed by atoms with van der Waals surface area (Å²) in [6, 6.07) is 9.35. The standard InChI is InChI=1S/C13H11ClN4/c1-8-2-3-9(14)6-11(8)13-17-16-12-5-4-10(15)7-18(12)13/h2-7H,15H2,1H3. The number of pyridine rings is 1. The van der Waals surface area contributed by atoms with Gasteiger partial charge in [0.25, 0.3) is 0 Å². The molecule has 0 unspecified atom stereocenters. The lowest BCUT2D eigenvalue weighted by Crippen LogP contribution is -1.94. The average molecular weight is 259 g/mol. The van der Waals surface area contributed by atoms with Crippen molar-refractivity contribution in [2.45, 2.75) is 6.92 Å². The van der Waals surface area contributed by atoms with Gasteiger partial charge in [0.2, 0.25) is 0 Å². The van der Waals surface area contributed by atoms with Crippen LogP contribution >= 0.6 is 11.6 Å². The summed E-state index contributed by atoms with van der Waals surface area (Å²) in [5, 5.41) is 9.01. The molecule has 0 saturated heterocycles. The van der Waals surface area contributed by atoms with Gasteiger partial charge in [0, 0.05) is 22.5 Å². The number of nitrogens with two attached hydrogens (primary N) is 1. The number of aromatic nitrogens is 3. The summed E-state index contributed by atoms with van der Waals surface area (Å²) in [5.74, 6) is 0.748. The second-order valence-corrected chi connectivity index (χ2v) is 4.61. The number of halogens is 1. The highest BCUT2D eigenvalue weighted by Crippen LogP contribution is 2.26. The third-order valence-electron chi connectivity index (χ3n) is 2.87. The van der Waals surface area contributed by atoms with Crippen molar-refractivity contribution in [3.8, 4) is 11.4 Å². The van der Waals surface area contributed by atoms with Gasteiger partial charge in [-0.1, -0.05) is 17.7 Å². The number of hydrogen-bond acceptors (Lipinski definition) is 3.